The predicted octanol–water partition coefficient (Wildman–Crippen LogP) is 4.76. The number of amides is 1. The van der Waals surface area contributed by atoms with Crippen LogP contribution in [0.15, 0.2) is 69.3 Å². The van der Waals surface area contributed by atoms with Gasteiger partial charge in [-0.15, -0.1) is 0 Å². The molecule has 0 saturated heterocycles. The Morgan fingerprint density at radius 3 is 2.49 bits per heavy atom. The van der Waals surface area contributed by atoms with Crippen LogP contribution in [-0.2, 0) is 21.2 Å². The molecule has 0 aliphatic heterocycles. The van der Waals surface area contributed by atoms with E-state index in [-0.39, 0.29) is 22.5 Å². The Kier molecular flexibility index (Phi) is 6.53. The second kappa shape index (κ2) is 9.28. The van der Waals surface area contributed by atoms with Crippen LogP contribution < -0.4 is 10.7 Å². The molecule has 180 valence electrons. The number of hydrogen-bond acceptors (Lipinski definition) is 5. The van der Waals surface area contributed by atoms with Crippen LogP contribution in [0.5, 0.6) is 0 Å². The molecule has 0 atom stereocenters. The Morgan fingerprint density at radius 1 is 1.03 bits per heavy atom. The Balaban J connectivity index is 1.84. The molecule has 4 aromatic rings. The second-order valence-electron chi connectivity index (χ2n) is 8.48. The molecule has 2 aromatic heterocycles. The number of carbonyl (C=O) groups is 1. The Labute approximate surface area is 208 Å². The highest BCUT2D eigenvalue weighted by atomic mass is 35.5. The highest BCUT2D eigenvalue weighted by molar-refractivity contribution is 7.91. The Hall–Kier alpha value is -3.49. The summed E-state index contributed by atoms with van der Waals surface area (Å²) < 4.78 is 28.4. The van der Waals surface area contributed by atoms with Gasteiger partial charge in [-0.05, 0) is 80.8 Å². The molecular formula is C26H24ClN3O4S. The minimum atomic E-state index is -4.15. The zero-order chi connectivity index (χ0) is 25.5. The minimum absolute atomic E-state index is 0.0164. The second-order valence-corrected chi connectivity index (χ2v) is 10.8. The number of pyridine rings is 2. The molecule has 0 radical (unpaired) electrons. The highest BCUT2D eigenvalue weighted by Gasteiger charge is 2.25. The molecule has 7 nitrogen and oxygen atoms in total. The van der Waals surface area contributed by atoms with Crippen molar-refractivity contribution < 1.29 is 13.2 Å². The first-order valence-electron chi connectivity index (χ1n) is 10.9. The van der Waals surface area contributed by atoms with Gasteiger partial charge in [-0.1, -0.05) is 23.7 Å². The van der Waals surface area contributed by atoms with Gasteiger partial charge in [-0.25, -0.2) is 13.4 Å². The molecule has 0 fully saturated rings. The van der Waals surface area contributed by atoms with Gasteiger partial charge < -0.3 is 9.88 Å². The molecule has 1 amide bonds. The fourth-order valence-corrected chi connectivity index (χ4v) is 5.37. The molecule has 0 saturated carbocycles. The topological polar surface area (TPSA) is 98.1 Å². The number of sulfone groups is 1. The number of anilines is 1. The van der Waals surface area contributed by atoms with Gasteiger partial charge in [0.15, 0.2) is 0 Å². The third-order valence-corrected chi connectivity index (χ3v) is 8.12. The van der Waals surface area contributed by atoms with E-state index in [1.807, 2.05) is 13.8 Å². The highest BCUT2D eigenvalue weighted by Crippen LogP contribution is 2.25. The van der Waals surface area contributed by atoms with Crippen LogP contribution in [0.25, 0.3) is 11.0 Å². The van der Waals surface area contributed by atoms with Crippen LogP contribution in [0.3, 0.4) is 0 Å². The van der Waals surface area contributed by atoms with Crippen LogP contribution >= 0.6 is 11.6 Å². The summed E-state index contributed by atoms with van der Waals surface area (Å²) in [4.78, 5) is 30.2. The number of rotatable bonds is 5. The van der Waals surface area contributed by atoms with Crippen molar-refractivity contribution in [3.05, 3.63) is 92.4 Å². The lowest BCUT2D eigenvalue weighted by Crippen LogP contribution is -2.24. The van der Waals surface area contributed by atoms with Crippen LogP contribution in [0.1, 0.15) is 22.4 Å². The summed E-state index contributed by atoms with van der Waals surface area (Å²) in [5.41, 5.74) is 3.18. The van der Waals surface area contributed by atoms with E-state index in [1.54, 1.807) is 50.2 Å². The van der Waals surface area contributed by atoms with Gasteiger partial charge in [0.1, 0.15) is 17.1 Å². The van der Waals surface area contributed by atoms with Gasteiger partial charge in [0.2, 0.25) is 21.2 Å². The summed E-state index contributed by atoms with van der Waals surface area (Å²) in [5, 5.41) is 3.43. The van der Waals surface area contributed by atoms with Crippen LogP contribution in [0.4, 0.5) is 5.69 Å². The number of nitrogens with zero attached hydrogens (tertiary/aromatic N) is 2. The monoisotopic (exact) mass is 509 g/mol. The molecule has 0 aliphatic rings. The van der Waals surface area contributed by atoms with Gasteiger partial charge >= 0.3 is 0 Å². The number of halogens is 1. The molecule has 2 heterocycles. The quantitative estimate of drug-likeness (QED) is 0.418. The molecular weight excluding hydrogens is 486 g/mol. The molecule has 0 unspecified atom stereocenters. The number of carbonyl (C=O) groups excluding carboxylic acids is 1. The summed E-state index contributed by atoms with van der Waals surface area (Å²) in [7, 11) is -4.15. The summed E-state index contributed by atoms with van der Waals surface area (Å²) >= 11 is 6.15. The molecule has 2 aromatic carbocycles. The van der Waals surface area contributed by atoms with Gasteiger partial charge in [0, 0.05) is 22.6 Å². The van der Waals surface area contributed by atoms with E-state index in [1.165, 1.54) is 22.9 Å². The molecule has 0 bridgehead atoms. The van der Waals surface area contributed by atoms with Crippen LogP contribution in [0, 0.1) is 27.7 Å². The fraction of sp³-hybridized carbons (Fsp3) is 0.192. The van der Waals surface area contributed by atoms with E-state index in [0.717, 1.165) is 11.1 Å². The zero-order valence-corrected chi connectivity index (χ0v) is 21.3. The average molecular weight is 510 g/mol. The van der Waals surface area contributed by atoms with Crippen molar-refractivity contribution in [1.29, 1.82) is 0 Å². The summed E-state index contributed by atoms with van der Waals surface area (Å²) in [6.45, 7) is 6.97. The van der Waals surface area contributed by atoms with Crippen molar-refractivity contribution in [2.75, 3.05) is 5.32 Å². The van der Waals surface area contributed by atoms with E-state index < -0.39 is 26.1 Å². The summed E-state index contributed by atoms with van der Waals surface area (Å²) in [6.07, 6.45) is 1.20. The Bertz CT molecular complexity index is 1660. The minimum Gasteiger partial charge on any atom is -0.324 e. The average Bonchev–Trinajstić information content (AvgIpc) is 2.80. The molecule has 0 spiro atoms. The van der Waals surface area contributed by atoms with Gasteiger partial charge in [-0.3, -0.25) is 9.59 Å². The van der Waals surface area contributed by atoms with Gasteiger partial charge in [0.25, 0.3) is 0 Å². The Morgan fingerprint density at radius 2 is 1.77 bits per heavy atom. The molecule has 1 N–H and O–H groups in total. The van der Waals surface area contributed by atoms with Crippen molar-refractivity contribution >= 4 is 44.1 Å². The smallest absolute Gasteiger partial charge is 0.244 e. The number of hydrogen-bond donors (Lipinski definition) is 1. The fourth-order valence-electron chi connectivity index (χ4n) is 3.74. The van der Waals surface area contributed by atoms with Crippen molar-refractivity contribution in [3.8, 4) is 0 Å². The molecule has 0 aliphatic carbocycles. The number of aromatic nitrogens is 2. The first-order chi connectivity index (χ1) is 16.5. The lowest BCUT2D eigenvalue weighted by molar-refractivity contribution is -0.116. The maximum absolute atomic E-state index is 13.5. The standard InChI is InChI=1S/C26H24ClN3O4S/c1-15-8-10-19(12-16(15)2)35(33,34)23-13-30(26-20(25(23)32)11-9-17(3)28-26)14-24(31)29-22-7-5-6-21(27)18(22)4/h5-13H,14H2,1-4H3,(H,29,31). The summed E-state index contributed by atoms with van der Waals surface area (Å²) in [5.74, 6) is -0.418. The van der Waals surface area contributed by atoms with E-state index in [4.69, 9.17) is 11.6 Å². The number of nitrogens with one attached hydrogen (secondary N) is 1. The molecule has 9 heteroatoms. The SMILES string of the molecule is Cc1ccc2c(=O)c(S(=O)(=O)c3ccc(C)c(C)c3)cn(CC(=O)Nc3cccc(Cl)c3C)c2n1. The normalized spacial score (nSPS) is 11.6. The molecule has 4 rings (SSSR count). The van der Waals surface area contributed by atoms with Gasteiger partial charge in [-0.2, -0.15) is 0 Å². The first-order valence-corrected chi connectivity index (χ1v) is 12.7. The maximum atomic E-state index is 13.5. The maximum Gasteiger partial charge on any atom is 0.244 e. The van der Waals surface area contributed by atoms with Crippen LogP contribution in [-0.4, -0.2) is 23.9 Å². The van der Waals surface area contributed by atoms with Crippen molar-refractivity contribution in [2.24, 2.45) is 0 Å². The number of fused-ring (bicyclic) bond motifs is 1. The first kappa shape index (κ1) is 24.6. The summed E-state index contributed by atoms with van der Waals surface area (Å²) in [6, 6.07) is 13.1. The number of benzene rings is 2. The largest absolute Gasteiger partial charge is 0.324 e. The van der Waals surface area contributed by atoms with E-state index in [0.29, 0.717) is 22.0 Å². The van der Waals surface area contributed by atoms with Crippen molar-refractivity contribution in [2.45, 2.75) is 44.0 Å². The predicted molar refractivity (Wildman–Crippen MR) is 137 cm³/mol. The van der Waals surface area contributed by atoms with Crippen molar-refractivity contribution in [3.63, 3.8) is 0 Å². The molecule has 35 heavy (non-hydrogen) atoms. The lowest BCUT2D eigenvalue weighted by Gasteiger charge is -2.15. The van der Waals surface area contributed by atoms with E-state index in [2.05, 4.69) is 10.3 Å². The van der Waals surface area contributed by atoms with E-state index in [9.17, 15) is 18.0 Å². The number of aryl methyl sites for hydroxylation is 3. The van der Waals surface area contributed by atoms with Crippen molar-refractivity contribution in [1.82, 2.24) is 9.55 Å². The van der Waals surface area contributed by atoms with Crippen LogP contribution in [0.2, 0.25) is 5.02 Å². The van der Waals surface area contributed by atoms with E-state index >= 15 is 0 Å². The zero-order valence-electron chi connectivity index (χ0n) is 19.7. The van der Waals surface area contributed by atoms with Gasteiger partial charge in [0.05, 0.1) is 10.3 Å². The lowest BCUT2D eigenvalue weighted by atomic mass is 10.1. The third-order valence-electron chi connectivity index (χ3n) is 5.96. The third kappa shape index (κ3) is 4.72.